The number of likely N-dealkylation sites (N-methyl/N-ethyl adjacent to an activating group) is 1. The van der Waals surface area contributed by atoms with Crippen LogP contribution in [0.4, 0.5) is 0 Å². The molecule has 0 bridgehead atoms. The van der Waals surface area contributed by atoms with E-state index in [1.54, 1.807) is 7.11 Å². The highest BCUT2D eigenvalue weighted by Gasteiger charge is 2.30. The van der Waals surface area contributed by atoms with E-state index in [-0.39, 0.29) is 6.04 Å². The van der Waals surface area contributed by atoms with Crippen LogP contribution in [0.3, 0.4) is 0 Å². The number of methoxy groups -OCH3 is 1. The first-order valence-electron chi connectivity index (χ1n) is 7.00. The van der Waals surface area contributed by atoms with Crippen LogP contribution in [-0.2, 0) is 0 Å². The van der Waals surface area contributed by atoms with Gasteiger partial charge in [-0.25, -0.2) is 0 Å². The van der Waals surface area contributed by atoms with Crippen LogP contribution >= 0.6 is 15.9 Å². The standard InChI is InChI=1S/C15H24BrN3O/c1-18(2)12-6-7-19(10-12)14(9-17)13-8-11(16)4-5-15(13)20-3/h4-5,8,12,14H,6-7,9-10,17H2,1-3H3. The molecule has 0 radical (unpaired) electrons. The predicted molar refractivity (Wildman–Crippen MR) is 86.2 cm³/mol. The SMILES string of the molecule is COc1ccc(Br)cc1C(CN)N1CCC(N(C)C)C1. The minimum atomic E-state index is 0.215. The highest BCUT2D eigenvalue weighted by Crippen LogP contribution is 2.33. The summed E-state index contributed by atoms with van der Waals surface area (Å²) in [5, 5.41) is 0. The van der Waals surface area contributed by atoms with Crippen molar-refractivity contribution in [3.05, 3.63) is 28.2 Å². The summed E-state index contributed by atoms with van der Waals surface area (Å²) in [5.41, 5.74) is 7.22. The van der Waals surface area contributed by atoms with Gasteiger partial charge in [-0.3, -0.25) is 4.90 Å². The van der Waals surface area contributed by atoms with Gasteiger partial charge in [-0.15, -0.1) is 0 Å². The Bertz CT molecular complexity index is 453. The van der Waals surface area contributed by atoms with Crippen LogP contribution in [0.25, 0.3) is 0 Å². The largest absolute Gasteiger partial charge is 0.496 e. The molecule has 112 valence electrons. The second kappa shape index (κ2) is 6.89. The number of benzene rings is 1. The molecule has 0 aliphatic carbocycles. The zero-order valence-electron chi connectivity index (χ0n) is 12.5. The number of nitrogens with zero attached hydrogens (tertiary/aromatic N) is 2. The second-order valence-corrected chi connectivity index (χ2v) is 6.45. The van der Waals surface area contributed by atoms with Crippen molar-refractivity contribution in [2.24, 2.45) is 5.73 Å². The lowest BCUT2D eigenvalue weighted by Gasteiger charge is -2.29. The molecule has 1 aromatic carbocycles. The van der Waals surface area contributed by atoms with E-state index in [1.165, 1.54) is 12.0 Å². The maximum Gasteiger partial charge on any atom is 0.123 e. The van der Waals surface area contributed by atoms with Crippen LogP contribution in [0.5, 0.6) is 5.75 Å². The van der Waals surface area contributed by atoms with Gasteiger partial charge in [0, 0.05) is 35.7 Å². The van der Waals surface area contributed by atoms with E-state index in [4.69, 9.17) is 10.5 Å². The molecule has 1 aromatic rings. The molecular weight excluding hydrogens is 318 g/mol. The van der Waals surface area contributed by atoms with Crippen molar-refractivity contribution < 1.29 is 4.74 Å². The lowest BCUT2D eigenvalue weighted by molar-refractivity contribution is 0.217. The summed E-state index contributed by atoms with van der Waals surface area (Å²) in [6, 6.07) is 6.96. The Balaban J connectivity index is 2.22. The Kier molecular flexibility index (Phi) is 5.43. The molecule has 2 rings (SSSR count). The maximum atomic E-state index is 6.05. The van der Waals surface area contributed by atoms with Crippen LogP contribution in [0.15, 0.2) is 22.7 Å². The fourth-order valence-electron chi connectivity index (χ4n) is 2.91. The topological polar surface area (TPSA) is 41.7 Å². The first kappa shape index (κ1) is 15.8. The third kappa shape index (κ3) is 3.34. The molecule has 0 aromatic heterocycles. The molecule has 0 spiro atoms. The van der Waals surface area contributed by atoms with Crippen molar-refractivity contribution in [2.45, 2.75) is 18.5 Å². The molecule has 0 amide bonds. The summed E-state index contributed by atoms with van der Waals surface area (Å²) in [4.78, 5) is 4.76. The molecule has 2 atom stereocenters. The predicted octanol–water partition coefficient (Wildman–Crippen LogP) is 2.09. The molecule has 20 heavy (non-hydrogen) atoms. The van der Waals surface area contributed by atoms with Gasteiger partial charge in [-0.05, 0) is 38.7 Å². The van der Waals surface area contributed by atoms with E-state index in [9.17, 15) is 0 Å². The van der Waals surface area contributed by atoms with Crippen LogP contribution in [-0.4, -0.2) is 56.7 Å². The van der Waals surface area contributed by atoms with Gasteiger partial charge in [-0.2, -0.15) is 0 Å². The van der Waals surface area contributed by atoms with Gasteiger partial charge in [0.2, 0.25) is 0 Å². The quantitative estimate of drug-likeness (QED) is 0.890. The highest BCUT2D eigenvalue weighted by molar-refractivity contribution is 9.10. The first-order valence-corrected chi connectivity index (χ1v) is 7.80. The first-order chi connectivity index (χ1) is 9.56. The van der Waals surface area contributed by atoms with Crippen molar-refractivity contribution in [1.82, 2.24) is 9.80 Å². The van der Waals surface area contributed by atoms with Crippen LogP contribution in [0.1, 0.15) is 18.0 Å². The lowest BCUT2D eigenvalue weighted by atomic mass is 10.0. The van der Waals surface area contributed by atoms with Crippen molar-refractivity contribution in [3.8, 4) is 5.75 Å². The smallest absolute Gasteiger partial charge is 0.123 e. The van der Waals surface area contributed by atoms with Gasteiger partial charge in [0.25, 0.3) is 0 Å². The van der Waals surface area contributed by atoms with E-state index in [1.807, 2.05) is 12.1 Å². The van der Waals surface area contributed by atoms with Crippen LogP contribution in [0.2, 0.25) is 0 Å². The monoisotopic (exact) mass is 341 g/mol. The number of halogens is 1. The Morgan fingerprint density at radius 3 is 2.80 bits per heavy atom. The molecule has 1 aliphatic rings. The van der Waals surface area contributed by atoms with Crippen molar-refractivity contribution in [3.63, 3.8) is 0 Å². The fraction of sp³-hybridized carbons (Fsp3) is 0.600. The van der Waals surface area contributed by atoms with Gasteiger partial charge in [-0.1, -0.05) is 15.9 Å². The van der Waals surface area contributed by atoms with Gasteiger partial charge >= 0.3 is 0 Å². The number of rotatable bonds is 5. The lowest BCUT2D eigenvalue weighted by Crippen LogP contribution is -2.36. The third-order valence-electron chi connectivity index (χ3n) is 4.14. The number of likely N-dealkylation sites (tertiary alicyclic amines) is 1. The summed E-state index contributed by atoms with van der Waals surface area (Å²) >= 11 is 3.54. The van der Waals surface area contributed by atoms with E-state index >= 15 is 0 Å². The molecule has 4 nitrogen and oxygen atoms in total. The Hall–Kier alpha value is -0.620. The number of ether oxygens (including phenoxy) is 1. The minimum Gasteiger partial charge on any atom is -0.496 e. The highest BCUT2D eigenvalue weighted by atomic mass is 79.9. The van der Waals surface area contributed by atoms with E-state index < -0.39 is 0 Å². The van der Waals surface area contributed by atoms with Gasteiger partial charge in [0.05, 0.1) is 13.2 Å². The second-order valence-electron chi connectivity index (χ2n) is 5.54. The zero-order chi connectivity index (χ0) is 14.7. The summed E-state index contributed by atoms with van der Waals surface area (Å²) in [6.07, 6.45) is 1.19. The molecule has 1 aliphatic heterocycles. The Morgan fingerprint density at radius 1 is 1.50 bits per heavy atom. The minimum absolute atomic E-state index is 0.215. The molecule has 2 N–H and O–H groups in total. The van der Waals surface area contributed by atoms with Gasteiger partial charge < -0.3 is 15.4 Å². The van der Waals surface area contributed by atoms with Crippen molar-refractivity contribution in [2.75, 3.05) is 40.8 Å². The molecule has 1 saturated heterocycles. The molecule has 0 saturated carbocycles. The molecule has 5 heteroatoms. The van der Waals surface area contributed by atoms with Crippen molar-refractivity contribution in [1.29, 1.82) is 0 Å². The average Bonchev–Trinajstić information content (AvgIpc) is 2.90. The van der Waals surface area contributed by atoms with Gasteiger partial charge in [0.1, 0.15) is 5.75 Å². The average molecular weight is 342 g/mol. The van der Waals surface area contributed by atoms with E-state index in [2.05, 4.69) is 45.9 Å². The summed E-state index contributed by atoms with van der Waals surface area (Å²) < 4.78 is 6.57. The fourth-order valence-corrected chi connectivity index (χ4v) is 3.29. The molecular formula is C15H24BrN3O. The normalized spacial score (nSPS) is 21.4. The summed E-state index contributed by atoms with van der Waals surface area (Å²) in [6.45, 7) is 2.75. The number of hydrogen-bond acceptors (Lipinski definition) is 4. The zero-order valence-corrected chi connectivity index (χ0v) is 14.1. The third-order valence-corrected chi connectivity index (χ3v) is 4.63. The molecule has 1 heterocycles. The van der Waals surface area contributed by atoms with Crippen LogP contribution in [0, 0.1) is 0 Å². The molecule has 2 unspecified atom stereocenters. The van der Waals surface area contributed by atoms with Crippen LogP contribution < -0.4 is 10.5 Å². The Morgan fingerprint density at radius 2 is 2.25 bits per heavy atom. The molecule has 1 fully saturated rings. The number of nitrogens with two attached hydrogens (primary N) is 1. The summed E-state index contributed by atoms with van der Waals surface area (Å²) in [7, 11) is 6.00. The van der Waals surface area contributed by atoms with E-state index in [0.29, 0.717) is 12.6 Å². The number of hydrogen-bond donors (Lipinski definition) is 1. The van der Waals surface area contributed by atoms with Crippen molar-refractivity contribution >= 4 is 15.9 Å². The summed E-state index contributed by atoms with van der Waals surface area (Å²) in [5.74, 6) is 0.914. The van der Waals surface area contributed by atoms with Gasteiger partial charge in [0.15, 0.2) is 0 Å². The Labute approximate surface area is 130 Å². The maximum absolute atomic E-state index is 6.05. The van der Waals surface area contributed by atoms with E-state index in [0.717, 1.165) is 23.3 Å².